The fourth-order valence-electron chi connectivity index (χ4n) is 4.77. The van der Waals surface area contributed by atoms with E-state index in [4.69, 9.17) is 0 Å². The van der Waals surface area contributed by atoms with Crippen molar-refractivity contribution in [2.24, 2.45) is 22.7 Å². The maximum atomic E-state index is 11.5. The van der Waals surface area contributed by atoms with Gasteiger partial charge in [0, 0.05) is 31.2 Å². The number of aromatic nitrogens is 3. The van der Waals surface area contributed by atoms with Crippen LogP contribution in [0.3, 0.4) is 0 Å². The van der Waals surface area contributed by atoms with E-state index in [-0.39, 0.29) is 17.8 Å². The predicted octanol–water partition coefficient (Wildman–Crippen LogP) is 4.67. The lowest BCUT2D eigenvalue weighted by molar-refractivity contribution is -0.141. The minimum atomic E-state index is -0.762. The van der Waals surface area contributed by atoms with Crippen molar-refractivity contribution in [3.63, 3.8) is 0 Å². The third-order valence-electron chi connectivity index (χ3n) is 7.14. The highest BCUT2D eigenvalue weighted by Gasteiger charge is 2.46. The standard InChI is InChI=1S/C25H42N4O3/c1-8-11-19(16-29-17-20(26-27-29)23(32)18(2)3)15-28(7)21-12-9-10-13-25(21,6)24(4,5)14-22(30)31/h9-10,12,17-19,23,32H,8,11,13-16H2,1-7H3,(H,30,31). The molecule has 0 fully saturated rings. The molecule has 0 aromatic carbocycles. The van der Waals surface area contributed by atoms with Gasteiger partial charge in [-0.1, -0.05) is 65.3 Å². The summed E-state index contributed by atoms with van der Waals surface area (Å²) in [6.45, 7) is 14.0. The van der Waals surface area contributed by atoms with Crippen LogP contribution in [0.4, 0.5) is 0 Å². The number of hydrogen-bond acceptors (Lipinski definition) is 5. The third-order valence-corrected chi connectivity index (χ3v) is 7.14. The van der Waals surface area contributed by atoms with Gasteiger partial charge in [-0.15, -0.1) is 5.10 Å². The first-order valence-corrected chi connectivity index (χ1v) is 11.8. The second kappa shape index (κ2) is 10.6. The fourth-order valence-corrected chi connectivity index (χ4v) is 4.77. The number of carboxylic acid groups (broad SMARTS) is 1. The number of rotatable bonds is 12. The fraction of sp³-hybridized carbons (Fsp3) is 0.720. The lowest BCUT2D eigenvalue weighted by Gasteiger charge is -2.49. The van der Waals surface area contributed by atoms with Crippen LogP contribution in [0.2, 0.25) is 0 Å². The first-order chi connectivity index (χ1) is 14.9. The van der Waals surface area contributed by atoms with E-state index >= 15 is 0 Å². The van der Waals surface area contributed by atoms with Crippen LogP contribution in [-0.2, 0) is 11.3 Å². The number of carboxylic acids is 1. The molecule has 0 bridgehead atoms. The molecule has 180 valence electrons. The Hall–Kier alpha value is -2.15. The number of carbonyl (C=O) groups is 1. The van der Waals surface area contributed by atoms with Crippen molar-refractivity contribution < 1.29 is 15.0 Å². The van der Waals surface area contributed by atoms with Crippen LogP contribution in [-0.4, -0.2) is 49.7 Å². The summed E-state index contributed by atoms with van der Waals surface area (Å²) < 4.78 is 1.85. The number of aliphatic hydroxyl groups excluding tert-OH is 1. The molecule has 1 aliphatic carbocycles. The zero-order chi connectivity index (χ0) is 24.1. The lowest BCUT2D eigenvalue weighted by Crippen LogP contribution is -2.45. The third kappa shape index (κ3) is 6.00. The normalized spacial score (nSPS) is 20.8. The SMILES string of the molecule is CCCC(CN(C)C1=CC=CCC1(C)C(C)(C)CC(=O)O)Cn1cc(C(O)C(C)C)nn1. The van der Waals surface area contributed by atoms with Crippen LogP contribution in [0.1, 0.15) is 79.0 Å². The Bertz CT molecular complexity index is 827. The monoisotopic (exact) mass is 446 g/mol. The van der Waals surface area contributed by atoms with E-state index in [1.54, 1.807) is 0 Å². The second-order valence-electron chi connectivity index (χ2n) is 10.6. The lowest BCUT2D eigenvalue weighted by atomic mass is 9.60. The molecule has 2 rings (SSSR count). The molecular formula is C25H42N4O3. The van der Waals surface area contributed by atoms with Gasteiger partial charge in [0.15, 0.2) is 0 Å². The smallest absolute Gasteiger partial charge is 0.303 e. The average molecular weight is 447 g/mol. The molecule has 1 aliphatic rings. The Morgan fingerprint density at radius 2 is 2.06 bits per heavy atom. The van der Waals surface area contributed by atoms with E-state index in [0.717, 1.165) is 32.4 Å². The Morgan fingerprint density at radius 1 is 1.38 bits per heavy atom. The van der Waals surface area contributed by atoms with Crippen LogP contribution in [0.25, 0.3) is 0 Å². The number of nitrogens with zero attached hydrogens (tertiary/aromatic N) is 4. The van der Waals surface area contributed by atoms with E-state index in [1.165, 1.54) is 5.70 Å². The molecule has 1 aromatic rings. The first kappa shape index (κ1) is 26.1. The van der Waals surface area contributed by atoms with E-state index in [2.05, 4.69) is 68.2 Å². The van der Waals surface area contributed by atoms with Crippen molar-refractivity contribution in [1.29, 1.82) is 0 Å². The van der Waals surface area contributed by atoms with Gasteiger partial charge in [-0.2, -0.15) is 0 Å². The van der Waals surface area contributed by atoms with Gasteiger partial charge in [0.2, 0.25) is 0 Å². The average Bonchev–Trinajstić information content (AvgIpc) is 3.15. The summed E-state index contributed by atoms with van der Waals surface area (Å²) >= 11 is 0. The summed E-state index contributed by atoms with van der Waals surface area (Å²) in [6.07, 6.45) is 10.7. The van der Waals surface area contributed by atoms with Crippen molar-refractivity contribution in [3.8, 4) is 0 Å². The highest BCUT2D eigenvalue weighted by molar-refractivity contribution is 5.68. The Labute approximate surface area is 193 Å². The molecule has 3 atom stereocenters. The molecule has 7 nitrogen and oxygen atoms in total. The number of hydrogen-bond donors (Lipinski definition) is 2. The Balaban J connectivity index is 2.19. The molecule has 0 aliphatic heterocycles. The van der Waals surface area contributed by atoms with Gasteiger partial charge in [-0.05, 0) is 36.2 Å². The van der Waals surface area contributed by atoms with E-state index in [0.29, 0.717) is 11.6 Å². The summed E-state index contributed by atoms with van der Waals surface area (Å²) in [7, 11) is 2.11. The summed E-state index contributed by atoms with van der Waals surface area (Å²) in [4.78, 5) is 13.8. The summed E-state index contributed by atoms with van der Waals surface area (Å²) in [5, 5.41) is 28.2. The Morgan fingerprint density at radius 3 is 2.66 bits per heavy atom. The van der Waals surface area contributed by atoms with Crippen molar-refractivity contribution in [2.45, 2.75) is 79.9 Å². The molecule has 0 spiro atoms. The maximum absolute atomic E-state index is 11.5. The van der Waals surface area contributed by atoms with Crippen LogP contribution in [0.5, 0.6) is 0 Å². The van der Waals surface area contributed by atoms with E-state index in [9.17, 15) is 15.0 Å². The quantitative estimate of drug-likeness (QED) is 0.485. The molecule has 32 heavy (non-hydrogen) atoms. The van der Waals surface area contributed by atoms with Gasteiger partial charge < -0.3 is 15.1 Å². The van der Waals surface area contributed by atoms with Gasteiger partial charge in [-0.25, -0.2) is 0 Å². The molecule has 0 saturated carbocycles. The largest absolute Gasteiger partial charge is 0.481 e. The topological polar surface area (TPSA) is 91.5 Å². The molecule has 1 heterocycles. The minimum absolute atomic E-state index is 0.0934. The predicted molar refractivity (Wildman–Crippen MR) is 127 cm³/mol. The molecule has 2 N–H and O–H groups in total. The van der Waals surface area contributed by atoms with Gasteiger partial charge in [0.25, 0.3) is 0 Å². The molecule has 3 unspecified atom stereocenters. The van der Waals surface area contributed by atoms with Crippen molar-refractivity contribution in [3.05, 3.63) is 35.8 Å². The first-order valence-electron chi connectivity index (χ1n) is 11.8. The second-order valence-corrected chi connectivity index (χ2v) is 10.6. The van der Waals surface area contributed by atoms with Crippen LogP contribution >= 0.6 is 0 Å². The highest BCUT2D eigenvalue weighted by atomic mass is 16.4. The van der Waals surface area contributed by atoms with Crippen LogP contribution in [0.15, 0.2) is 30.1 Å². The number of aliphatic hydroxyl groups is 1. The molecule has 0 radical (unpaired) electrons. The molecule has 1 aromatic heterocycles. The summed E-state index contributed by atoms with van der Waals surface area (Å²) in [6, 6.07) is 0. The van der Waals surface area contributed by atoms with Gasteiger partial charge in [0.1, 0.15) is 11.8 Å². The maximum Gasteiger partial charge on any atom is 0.303 e. The summed E-state index contributed by atoms with van der Waals surface area (Å²) in [5.41, 5.74) is 1.14. The number of allylic oxidation sites excluding steroid dienone is 4. The van der Waals surface area contributed by atoms with Crippen LogP contribution < -0.4 is 0 Å². The zero-order valence-corrected chi connectivity index (χ0v) is 20.9. The van der Waals surface area contributed by atoms with Gasteiger partial charge in [0.05, 0.1) is 12.6 Å². The molecule has 0 amide bonds. The van der Waals surface area contributed by atoms with E-state index < -0.39 is 17.5 Å². The zero-order valence-electron chi connectivity index (χ0n) is 20.9. The van der Waals surface area contributed by atoms with Crippen LogP contribution in [0, 0.1) is 22.7 Å². The summed E-state index contributed by atoms with van der Waals surface area (Å²) in [5.74, 6) is -0.313. The molecule has 7 heteroatoms. The van der Waals surface area contributed by atoms with Crippen molar-refractivity contribution in [2.75, 3.05) is 13.6 Å². The Kier molecular flexibility index (Phi) is 8.68. The van der Waals surface area contributed by atoms with Crippen molar-refractivity contribution in [1.82, 2.24) is 19.9 Å². The molecule has 0 saturated heterocycles. The van der Waals surface area contributed by atoms with Gasteiger partial charge in [-0.3, -0.25) is 9.48 Å². The van der Waals surface area contributed by atoms with Gasteiger partial charge >= 0.3 is 5.97 Å². The van der Waals surface area contributed by atoms with E-state index in [1.807, 2.05) is 24.7 Å². The van der Waals surface area contributed by atoms with Crippen molar-refractivity contribution >= 4 is 5.97 Å². The molecular weight excluding hydrogens is 404 g/mol. The minimum Gasteiger partial charge on any atom is -0.481 e. The highest BCUT2D eigenvalue weighted by Crippen LogP contribution is 2.52. The number of aliphatic carboxylic acids is 1.